The van der Waals surface area contributed by atoms with E-state index in [0.29, 0.717) is 24.5 Å². The summed E-state index contributed by atoms with van der Waals surface area (Å²) in [6, 6.07) is 7.19. The Kier molecular flexibility index (Phi) is 7.63. The van der Waals surface area contributed by atoms with E-state index < -0.39 is 35.4 Å². The lowest BCUT2D eigenvalue weighted by Crippen LogP contribution is -2.60. The number of hydrogen-bond donors (Lipinski definition) is 5. The molecule has 3 unspecified atom stereocenters. The molecule has 0 spiro atoms. The van der Waals surface area contributed by atoms with E-state index in [1.807, 2.05) is 30.9 Å². The third-order valence-corrected chi connectivity index (χ3v) is 8.82. The molecule has 1 saturated heterocycles. The minimum atomic E-state index is -1.03. The lowest BCUT2D eigenvalue weighted by Gasteiger charge is -2.53. The van der Waals surface area contributed by atoms with Crippen LogP contribution in [0.5, 0.6) is 0 Å². The SMILES string of the molecule is CC1(C)CN(C(O)[C@H]2CCCCC2NC(=O)C2C[C@@H](O)[C@@H](O)C2)CC[C@]1(O)c1ccc(Cl)cc1. The van der Waals surface area contributed by atoms with E-state index in [-0.39, 0.29) is 30.7 Å². The number of hydrogen-bond acceptors (Lipinski definition) is 6. The first kappa shape index (κ1) is 25.9. The van der Waals surface area contributed by atoms with Crippen LogP contribution in [-0.2, 0) is 10.4 Å². The third-order valence-electron chi connectivity index (χ3n) is 8.57. The van der Waals surface area contributed by atoms with Crippen molar-refractivity contribution >= 4 is 17.5 Å². The van der Waals surface area contributed by atoms with Crippen molar-refractivity contribution in [2.24, 2.45) is 17.3 Å². The molecule has 7 atom stereocenters. The maximum Gasteiger partial charge on any atom is 0.223 e. The summed E-state index contributed by atoms with van der Waals surface area (Å²) < 4.78 is 0. The van der Waals surface area contributed by atoms with Gasteiger partial charge in [0.2, 0.25) is 5.91 Å². The van der Waals surface area contributed by atoms with Gasteiger partial charge in [-0.3, -0.25) is 9.69 Å². The van der Waals surface area contributed by atoms with Gasteiger partial charge in [-0.2, -0.15) is 0 Å². The first-order chi connectivity index (χ1) is 16.0. The predicted molar refractivity (Wildman–Crippen MR) is 130 cm³/mol. The van der Waals surface area contributed by atoms with E-state index in [0.717, 1.165) is 31.2 Å². The first-order valence-electron chi connectivity index (χ1n) is 12.6. The van der Waals surface area contributed by atoms with Crippen molar-refractivity contribution in [2.75, 3.05) is 13.1 Å². The molecule has 34 heavy (non-hydrogen) atoms. The number of likely N-dealkylation sites (tertiary alicyclic amines) is 1. The summed E-state index contributed by atoms with van der Waals surface area (Å²) in [5.41, 5.74) is -0.707. The van der Waals surface area contributed by atoms with Gasteiger partial charge in [0.05, 0.1) is 17.8 Å². The van der Waals surface area contributed by atoms with Gasteiger partial charge in [0.1, 0.15) is 6.23 Å². The normalized spacial score (nSPS) is 37.3. The van der Waals surface area contributed by atoms with Crippen LogP contribution in [0.15, 0.2) is 24.3 Å². The summed E-state index contributed by atoms with van der Waals surface area (Å²) in [4.78, 5) is 14.9. The molecule has 0 bridgehead atoms. The van der Waals surface area contributed by atoms with Crippen LogP contribution >= 0.6 is 11.6 Å². The highest BCUT2D eigenvalue weighted by atomic mass is 35.5. The number of piperidine rings is 1. The van der Waals surface area contributed by atoms with Crippen molar-refractivity contribution in [3.8, 4) is 0 Å². The molecule has 4 rings (SSSR count). The Morgan fingerprint density at radius 3 is 2.35 bits per heavy atom. The number of carbonyl (C=O) groups excluding carboxylic acids is 1. The third kappa shape index (κ3) is 5.01. The molecule has 190 valence electrons. The first-order valence-corrected chi connectivity index (χ1v) is 13.0. The summed E-state index contributed by atoms with van der Waals surface area (Å²) in [5, 5.41) is 46.5. The number of nitrogens with zero attached hydrogens (tertiary/aromatic N) is 1. The van der Waals surface area contributed by atoms with Gasteiger partial charge in [-0.15, -0.1) is 0 Å². The largest absolute Gasteiger partial charge is 0.390 e. The molecule has 3 aliphatic rings. The fraction of sp³-hybridized carbons (Fsp3) is 0.731. The fourth-order valence-electron chi connectivity index (χ4n) is 6.32. The van der Waals surface area contributed by atoms with Crippen molar-refractivity contribution in [2.45, 2.75) is 88.9 Å². The van der Waals surface area contributed by atoms with E-state index in [9.17, 15) is 25.2 Å². The minimum absolute atomic E-state index is 0.105. The zero-order valence-electron chi connectivity index (χ0n) is 20.2. The number of nitrogens with one attached hydrogen (secondary N) is 1. The van der Waals surface area contributed by atoms with Crippen LogP contribution in [0.3, 0.4) is 0 Å². The van der Waals surface area contributed by atoms with Crippen LogP contribution in [0.1, 0.15) is 64.4 Å². The Hall–Kier alpha value is -1.22. The van der Waals surface area contributed by atoms with E-state index in [1.165, 1.54) is 0 Å². The number of benzene rings is 1. The van der Waals surface area contributed by atoms with Gasteiger partial charge < -0.3 is 25.7 Å². The number of aliphatic hydroxyl groups excluding tert-OH is 3. The summed E-state index contributed by atoms with van der Waals surface area (Å²) in [6.07, 6.45) is 2.23. The topological polar surface area (TPSA) is 113 Å². The Morgan fingerprint density at radius 1 is 1.12 bits per heavy atom. The summed E-state index contributed by atoms with van der Waals surface area (Å²) in [7, 11) is 0. The van der Waals surface area contributed by atoms with Crippen molar-refractivity contribution in [1.82, 2.24) is 10.2 Å². The van der Waals surface area contributed by atoms with E-state index >= 15 is 0 Å². The highest BCUT2D eigenvalue weighted by molar-refractivity contribution is 6.30. The highest BCUT2D eigenvalue weighted by Crippen LogP contribution is 2.47. The van der Waals surface area contributed by atoms with Crippen molar-refractivity contribution < 1.29 is 25.2 Å². The van der Waals surface area contributed by atoms with Crippen LogP contribution in [0, 0.1) is 17.3 Å². The number of carbonyl (C=O) groups is 1. The molecule has 2 saturated carbocycles. The molecular weight excluding hydrogens is 456 g/mol. The molecule has 7 nitrogen and oxygen atoms in total. The van der Waals surface area contributed by atoms with Crippen molar-refractivity contribution in [3.05, 3.63) is 34.9 Å². The van der Waals surface area contributed by atoms with Gasteiger partial charge in [0, 0.05) is 41.4 Å². The second-order valence-corrected chi connectivity index (χ2v) is 11.7. The van der Waals surface area contributed by atoms with E-state index in [1.54, 1.807) is 12.1 Å². The Bertz CT molecular complexity index is 855. The fourth-order valence-corrected chi connectivity index (χ4v) is 6.45. The zero-order valence-corrected chi connectivity index (χ0v) is 20.9. The quantitative estimate of drug-likeness (QED) is 0.429. The van der Waals surface area contributed by atoms with Crippen LogP contribution in [-0.4, -0.2) is 68.8 Å². The molecule has 8 heteroatoms. The zero-order chi connectivity index (χ0) is 24.7. The second-order valence-electron chi connectivity index (χ2n) is 11.3. The van der Waals surface area contributed by atoms with Gasteiger partial charge in [0.25, 0.3) is 0 Å². The second kappa shape index (κ2) is 10.0. The molecular formula is C26H39ClN2O5. The molecule has 3 fully saturated rings. The molecule has 0 aromatic heterocycles. The molecule has 1 aromatic carbocycles. The Morgan fingerprint density at radius 2 is 1.74 bits per heavy atom. The van der Waals surface area contributed by atoms with Crippen LogP contribution in [0.2, 0.25) is 5.02 Å². The Labute approximate surface area is 207 Å². The molecule has 1 heterocycles. The van der Waals surface area contributed by atoms with Crippen LogP contribution in [0.4, 0.5) is 0 Å². The molecule has 1 aliphatic heterocycles. The van der Waals surface area contributed by atoms with Gasteiger partial charge in [-0.05, 0) is 49.8 Å². The lowest BCUT2D eigenvalue weighted by atomic mass is 9.66. The maximum absolute atomic E-state index is 12.8. The average molecular weight is 495 g/mol. The maximum atomic E-state index is 12.8. The van der Waals surface area contributed by atoms with Crippen LogP contribution in [0.25, 0.3) is 0 Å². The summed E-state index contributed by atoms with van der Waals surface area (Å²) in [6.45, 7) is 5.11. The van der Waals surface area contributed by atoms with Gasteiger partial charge in [0.15, 0.2) is 0 Å². The smallest absolute Gasteiger partial charge is 0.223 e. The number of rotatable bonds is 5. The van der Waals surface area contributed by atoms with E-state index in [4.69, 9.17) is 11.6 Å². The monoisotopic (exact) mass is 494 g/mol. The molecule has 0 radical (unpaired) electrons. The minimum Gasteiger partial charge on any atom is -0.390 e. The molecule has 2 aliphatic carbocycles. The average Bonchev–Trinajstić information content (AvgIpc) is 3.14. The predicted octanol–water partition coefficient (Wildman–Crippen LogP) is 2.38. The van der Waals surface area contributed by atoms with Crippen LogP contribution < -0.4 is 5.32 Å². The summed E-state index contributed by atoms with van der Waals surface area (Å²) in [5.74, 6) is -0.643. The summed E-state index contributed by atoms with van der Waals surface area (Å²) >= 11 is 6.05. The van der Waals surface area contributed by atoms with Gasteiger partial charge in [-0.1, -0.05) is 50.4 Å². The van der Waals surface area contributed by atoms with E-state index in [2.05, 4.69) is 5.32 Å². The standard InChI is InChI=1S/C26H39ClN2O5/c1-25(2)15-29(12-11-26(25,34)17-7-9-18(27)10-8-17)24(33)19-5-3-4-6-20(19)28-23(32)16-13-21(30)22(31)14-16/h7-10,16,19-22,24,30-31,33-34H,3-6,11-15H2,1-2H3,(H,28,32)/t16?,19-,20?,21-,22+,24?,26-/m0/s1. The Balaban J connectivity index is 1.43. The number of amides is 1. The molecule has 1 amide bonds. The lowest BCUT2D eigenvalue weighted by molar-refractivity contribution is -0.168. The highest BCUT2D eigenvalue weighted by Gasteiger charge is 2.51. The van der Waals surface area contributed by atoms with Gasteiger partial charge >= 0.3 is 0 Å². The van der Waals surface area contributed by atoms with Crippen molar-refractivity contribution in [1.29, 1.82) is 0 Å². The number of halogens is 1. The molecule has 5 N–H and O–H groups in total. The number of aliphatic hydroxyl groups is 4. The molecule has 1 aromatic rings. The van der Waals surface area contributed by atoms with Crippen molar-refractivity contribution in [3.63, 3.8) is 0 Å². The van der Waals surface area contributed by atoms with Gasteiger partial charge in [-0.25, -0.2) is 0 Å².